The lowest BCUT2D eigenvalue weighted by Gasteiger charge is -2.09. The molecule has 6 nitrogen and oxygen atoms in total. The van der Waals surface area contributed by atoms with E-state index >= 15 is 0 Å². The van der Waals surface area contributed by atoms with Crippen LogP contribution < -0.4 is 5.32 Å². The molecule has 1 N–H and O–H groups in total. The number of aryl methyl sites for hydroxylation is 2. The van der Waals surface area contributed by atoms with E-state index in [1.165, 1.54) is 4.68 Å². The molecule has 2 aromatic heterocycles. The van der Waals surface area contributed by atoms with Crippen LogP contribution in [0.25, 0.3) is 0 Å². The molecule has 1 amide bonds. The molecule has 32 heavy (non-hydrogen) atoms. The van der Waals surface area contributed by atoms with Crippen molar-refractivity contribution in [2.24, 2.45) is 0 Å². The van der Waals surface area contributed by atoms with Gasteiger partial charge >= 0.3 is 6.18 Å². The number of anilines is 1. The summed E-state index contributed by atoms with van der Waals surface area (Å²) in [6.45, 7) is 4.18. The van der Waals surface area contributed by atoms with Crippen molar-refractivity contribution in [3.63, 3.8) is 0 Å². The number of aromatic nitrogens is 4. The first-order valence-electron chi connectivity index (χ1n) is 10.4. The van der Waals surface area contributed by atoms with Crippen LogP contribution in [-0.4, -0.2) is 25.5 Å². The number of alkyl halides is 3. The molecule has 1 aliphatic carbocycles. The molecule has 0 radical (unpaired) electrons. The average molecular weight is 466 g/mol. The summed E-state index contributed by atoms with van der Waals surface area (Å²) in [5, 5.41) is 11.7. The van der Waals surface area contributed by atoms with E-state index < -0.39 is 11.9 Å². The van der Waals surface area contributed by atoms with Crippen LogP contribution in [0.15, 0.2) is 30.3 Å². The molecular weight excluding hydrogens is 443 g/mol. The molecule has 0 bridgehead atoms. The smallest absolute Gasteiger partial charge is 0.323 e. The Labute approximate surface area is 188 Å². The van der Waals surface area contributed by atoms with Crippen LogP contribution in [0.3, 0.4) is 0 Å². The Bertz CT molecular complexity index is 1150. The van der Waals surface area contributed by atoms with E-state index in [1.807, 2.05) is 25.1 Å². The zero-order valence-corrected chi connectivity index (χ0v) is 18.5. The highest BCUT2D eigenvalue weighted by molar-refractivity contribution is 6.31. The summed E-state index contributed by atoms with van der Waals surface area (Å²) in [5.41, 5.74) is 2.57. The van der Waals surface area contributed by atoms with Crippen molar-refractivity contribution in [3.8, 4) is 0 Å². The van der Waals surface area contributed by atoms with Gasteiger partial charge in [0.1, 0.15) is 0 Å². The molecule has 1 aliphatic rings. The van der Waals surface area contributed by atoms with Gasteiger partial charge in [0.2, 0.25) is 5.91 Å². The van der Waals surface area contributed by atoms with Gasteiger partial charge < -0.3 is 5.32 Å². The Kier molecular flexibility index (Phi) is 6.03. The second kappa shape index (κ2) is 8.61. The molecule has 0 unspecified atom stereocenters. The number of amides is 1. The molecule has 3 aromatic rings. The van der Waals surface area contributed by atoms with E-state index in [0.717, 1.165) is 30.2 Å². The minimum absolute atomic E-state index is 0.00721. The first-order chi connectivity index (χ1) is 15.1. The highest BCUT2D eigenvalue weighted by atomic mass is 35.5. The van der Waals surface area contributed by atoms with E-state index in [-0.39, 0.29) is 24.8 Å². The lowest BCUT2D eigenvalue weighted by atomic mass is 10.2. The van der Waals surface area contributed by atoms with Crippen LogP contribution in [0, 0.1) is 13.8 Å². The third-order valence-electron chi connectivity index (χ3n) is 5.57. The number of nitrogens with one attached hydrogen (secondary N) is 1. The second-order valence-electron chi connectivity index (χ2n) is 8.04. The van der Waals surface area contributed by atoms with Gasteiger partial charge in [0.05, 0.1) is 23.6 Å². The van der Waals surface area contributed by atoms with Crippen molar-refractivity contribution in [1.82, 2.24) is 19.6 Å². The van der Waals surface area contributed by atoms with Crippen LogP contribution in [0.4, 0.5) is 18.9 Å². The molecule has 4 rings (SSSR count). The van der Waals surface area contributed by atoms with Crippen molar-refractivity contribution in [3.05, 3.63) is 63.7 Å². The van der Waals surface area contributed by atoms with Gasteiger partial charge in [-0.2, -0.15) is 23.4 Å². The molecule has 0 atom stereocenters. The number of nitrogens with zero attached hydrogens (tertiary/aromatic N) is 4. The Balaban J connectivity index is 1.43. The van der Waals surface area contributed by atoms with Crippen LogP contribution in [0.2, 0.25) is 5.02 Å². The fraction of sp³-hybridized carbons (Fsp3) is 0.409. The lowest BCUT2D eigenvalue weighted by molar-refractivity contribution is -0.141. The van der Waals surface area contributed by atoms with Crippen LogP contribution in [0.5, 0.6) is 0 Å². The zero-order chi connectivity index (χ0) is 23.0. The van der Waals surface area contributed by atoms with Crippen LogP contribution in [0.1, 0.15) is 53.5 Å². The number of hydrogen-bond donors (Lipinski definition) is 1. The van der Waals surface area contributed by atoms with Gasteiger partial charge in [-0.1, -0.05) is 29.8 Å². The molecule has 170 valence electrons. The number of benzene rings is 1. The summed E-state index contributed by atoms with van der Waals surface area (Å²) in [6, 6.07) is 8.56. The summed E-state index contributed by atoms with van der Waals surface area (Å²) in [5.74, 6) is -0.214. The topological polar surface area (TPSA) is 64.7 Å². The Morgan fingerprint density at radius 1 is 1.19 bits per heavy atom. The van der Waals surface area contributed by atoms with Crippen molar-refractivity contribution >= 4 is 23.2 Å². The molecule has 0 saturated heterocycles. The van der Waals surface area contributed by atoms with Gasteiger partial charge in [-0.05, 0) is 44.4 Å². The maximum absolute atomic E-state index is 13.1. The minimum Gasteiger partial charge on any atom is -0.323 e. The van der Waals surface area contributed by atoms with Crippen molar-refractivity contribution in [2.45, 2.75) is 58.3 Å². The normalized spacial score (nSPS) is 14.1. The molecule has 1 aromatic carbocycles. The summed E-state index contributed by atoms with van der Waals surface area (Å²) in [4.78, 5) is 12.6. The van der Waals surface area contributed by atoms with Gasteiger partial charge in [-0.15, -0.1) is 0 Å². The van der Waals surface area contributed by atoms with Gasteiger partial charge in [0, 0.05) is 29.6 Å². The summed E-state index contributed by atoms with van der Waals surface area (Å²) in [6.07, 6.45) is -2.80. The predicted octanol–water partition coefficient (Wildman–Crippen LogP) is 5.32. The van der Waals surface area contributed by atoms with Crippen molar-refractivity contribution < 1.29 is 18.0 Å². The zero-order valence-electron chi connectivity index (χ0n) is 17.7. The predicted molar refractivity (Wildman–Crippen MR) is 115 cm³/mol. The van der Waals surface area contributed by atoms with E-state index in [4.69, 9.17) is 11.6 Å². The third-order valence-corrected chi connectivity index (χ3v) is 5.94. The standard InChI is InChI=1S/C22H23ClF3N5O/c1-13-21(14(2)31(28-13)12-16-5-3-4-6-17(16)23)27-20(32)9-10-30-18(15-7-8-15)11-19(29-30)22(24,25)26/h3-6,11,15H,7-10,12H2,1-2H3,(H,27,32). The van der Waals surface area contributed by atoms with E-state index in [2.05, 4.69) is 15.5 Å². The Hall–Kier alpha value is -2.81. The van der Waals surface area contributed by atoms with Gasteiger partial charge in [-0.3, -0.25) is 14.2 Å². The second-order valence-corrected chi connectivity index (χ2v) is 8.45. The Morgan fingerprint density at radius 2 is 1.91 bits per heavy atom. The van der Waals surface area contributed by atoms with E-state index in [9.17, 15) is 18.0 Å². The van der Waals surface area contributed by atoms with Gasteiger partial charge in [0.15, 0.2) is 5.69 Å². The first-order valence-corrected chi connectivity index (χ1v) is 10.7. The Morgan fingerprint density at radius 3 is 2.56 bits per heavy atom. The van der Waals surface area contributed by atoms with Crippen LogP contribution >= 0.6 is 11.6 Å². The highest BCUT2D eigenvalue weighted by Gasteiger charge is 2.37. The lowest BCUT2D eigenvalue weighted by Crippen LogP contribution is -2.17. The van der Waals surface area contributed by atoms with E-state index in [0.29, 0.717) is 28.6 Å². The molecular formula is C22H23ClF3N5O. The summed E-state index contributed by atoms with van der Waals surface area (Å²) < 4.78 is 42.2. The molecule has 10 heteroatoms. The first kappa shape index (κ1) is 22.4. The monoisotopic (exact) mass is 465 g/mol. The largest absolute Gasteiger partial charge is 0.435 e. The molecule has 2 heterocycles. The van der Waals surface area contributed by atoms with Crippen molar-refractivity contribution in [1.29, 1.82) is 0 Å². The number of rotatable bonds is 7. The van der Waals surface area contributed by atoms with Crippen molar-refractivity contribution in [2.75, 3.05) is 5.32 Å². The quantitative estimate of drug-likeness (QED) is 0.513. The van der Waals surface area contributed by atoms with Gasteiger partial charge in [-0.25, -0.2) is 0 Å². The maximum atomic E-state index is 13.1. The highest BCUT2D eigenvalue weighted by Crippen LogP contribution is 2.42. The number of halogens is 4. The summed E-state index contributed by atoms with van der Waals surface area (Å²) >= 11 is 6.24. The van der Waals surface area contributed by atoms with E-state index in [1.54, 1.807) is 17.7 Å². The molecule has 0 spiro atoms. The molecule has 1 fully saturated rings. The van der Waals surface area contributed by atoms with Gasteiger partial charge in [0.25, 0.3) is 0 Å². The molecule has 1 saturated carbocycles. The number of carbonyl (C=O) groups excluding carboxylic acids is 1. The SMILES string of the molecule is Cc1nn(Cc2ccccc2Cl)c(C)c1NC(=O)CCn1nc(C(F)(F)F)cc1C1CC1. The third kappa shape index (κ3) is 4.82. The number of hydrogen-bond acceptors (Lipinski definition) is 3. The minimum atomic E-state index is -4.50. The maximum Gasteiger partial charge on any atom is 0.435 e. The fourth-order valence-electron chi connectivity index (χ4n) is 3.69. The number of carbonyl (C=O) groups is 1. The average Bonchev–Trinajstić information content (AvgIpc) is 3.42. The fourth-order valence-corrected chi connectivity index (χ4v) is 3.88. The molecule has 0 aliphatic heterocycles. The summed E-state index contributed by atoms with van der Waals surface area (Å²) in [7, 11) is 0. The van der Waals surface area contributed by atoms with Crippen LogP contribution in [-0.2, 0) is 24.1 Å².